The molecule has 1 aliphatic carbocycles. The molecule has 0 heterocycles. The quantitative estimate of drug-likeness (QED) is 0.866. The third-order valence-corrected chi connectivity index (χ3v) is 3.88. The van der Waals surface area contributed by atoms with Crippen molar-refractivity contribution in [2.75, 3.05) is 6.54 Å². The molecule has 0 aliphatic heterocycles. The summed E-state index contributed by atoms with van der Waals surface area (Å²) >= 11 is 0. The second-order valence-electron chi connectivity index (χ2n) is 5.41. The molecular formula is C15H23NO. The van der Waals surface area contributed by atoms with Gasteiger partial charge in [0.15, 0.2) is 0 Å². The molecule has 2 nitrogen and oxygen atoms in total. The number of hydrogen-bond donors (Lipinski definition) is 1. The maximum atomic E-state index is 6.28. The SMILES string of the molecule is CC1CCC(CN)(OC(C)c2ccccc2)C1. The van der Waals surface area contributed by atoms with E-state index in [9.17, 15) is 0 Å². The van der Waals surface area contributed by atoms with Gasteiger partial charge in [-0.05, 0) is 37.7 Å². The molecule has 3 atom stereocenters. The van der Waals surface area contributed by atoms with E-state index in [4.69, 9.17) is 10.5 Å². The fraction of sp³-hybridized carbons (Fsp3) is 0.600. The highest BCUT2D eigenvalue weighted by molar-refractivity contribution is 5.17. The van der Waals surface area contributed by atoms with Gasteiger partial charge in [0.25, 0.3) is 0 Å². The first-order valence-corrected chi connectivity index (χ1v) is 6.58. The molecule has 2 heteroatoms. The molecule has 0 saturated heterocycles. The summed E-state index contributed by atoms with van der Waals surface area (Å²) in [4.78, 5) is 0. The van der Waals surface area contributed by atoms with E-state index in [1.165, 1.54) is 12.0 Å². The lowest BCUT2D eigenvalue weighted by atomic mass is 9.99. The van der Waals surface area contributed by atoms with Crippen molar-refractivity contribution in [3.05, 3.63) is 35.9 Å². The number of hydrogen-bond acceptors (Lipinski definition) is 2. The molecule has 1 aromatic rings. The summed E-state index contributed by atoms with van der Waals surface area (Å²) in [6.45, 7) is 5.04. The molecule has 94 valence electrons. The summed E-state index contributed by atoms with van der Waals surface area (Å²) in [6.07, 6.45) is 3.56. The van der Waals surface area contributed by atoms with Crippen LogP contribution in [-0.2, 0) is 4.74 Å². The highest BCUT2D eigenvalue weighted by atomic mass is 16.5. The second-order valence-corrected chi connectivity index (χ2v) is 5.41. The molecule has 2 rings (SSSR count). The lowest BCUT2D eigenvalue weighted by Crippen LogP contribution is -2.39. The minimum atomic E-state index is -0.0886. The van der Waals surface area contributed by atoms with Crippen LogP contribution in [0.2, 0.25) is 0 Å². The van der Waals surface area contributed by atoms with Crippen molar-refractivity contribution >= 4 is 0 Å². The molecule has 1 aliphatic rings. The van der Waals surface area contributed by atoms with Crippen LogP contribution in [0.5, 0.6) is 0 Å². The standard InChI is InChI=1S/C15H23NO/c1-12-8-9-15(10-12,11-16)17-13(2)14-6-4-3-5-7-14/h3-7,12-13H,8-11,16H2,1-2H3. The molecule has 17 heavy (non-hydrogen) atoms. The fourth-order valence-electron chi connectivity index (χ4n) is 2.86. The zero-order valence-corrected chi connectivity index (χ0v) is 10.9. The molecule has 1 aromatic carbocycles. The lowest BCUT2D eigenvalue weighted by Gasteiger charge is -2.32. The summed E-state index contributed by atoms with van der Waals surface area (Å²) in [5.74, 6) is 0.738. The van der Waals surface area contributed by atoms with Crippen LogP contribution in [0.15, 0.2) is 30.3 Å². The van der Waals surface area contributed by atoms with Gasteiger partial charge in [-0.1, -0.05) is 37.3 Å². The van der Waals surface area contributed by atoms with E-state index < -0.39 is 0 Å². The van der Waals surface area contributed by atoms with Gasteiger partial charge < -0.3 is 10.5 Å². The maximum absolute atomic E-state index is 6.28. The summed E-state index contributed by atoms with van der Waals surface area (Å²) < 4.78 is 6.28. The molecule has 1 saturated carbocycles. The number of rotatable bonds is 4. The summed E-state index contributed by atoms with van der Waals surface area (Å²) in [5.41, 5.74) is 7.08. The van der Waals surface area contributed by atoms with Gasteiger partial charge in [0.1, 0.15) is 0 Å². The Morgan fingerprint density at radius 1 is 1.41 bits per heavy atom. The largest absolute Gasteiger partial charge is 0.366 e. The van der Waals surface area contributed by atoms with Gasteiger partial charge in [0.05, 0.1) is 11.7 Å². The first-order valence-electron chi connectivity index (χ1n) is 6.58. The minimum absolute atomic E-state index is 0.0886. The molecule has 0 radical (unpaired) electrons. The van der Waals surface area contributed by atoms with Crippen LogP contribution in [0.25, 0.3) is 0 Å². The number of ether oxygens (including phenoxy) is 1. The van der Waals surface area contributed by atoms with E-state index in [1.807, 2.05) is 6.07 Å². The van der Waals surface area contributed by atoms with Gasteiger partial charge >= 0.3 is 0 Å². The average Bonchev–Trinajstić information content (AvgIpc) is 2.72. The van der Waals surface area contributed by atoms with E-state index in [0.29, 0.717) is 6.54 Å². The van der Waals surface area contributed by atoms with Crippen molar-refractivity contribution in [1.82, 2.24) is 0 Å². The molecule has 0 bridgehead atoms. The van der Waals surface area contributed by atoms with Gasteiger partial charge in [-0.2, -0.15) is 0 Å². The van der Waals surface area contributed by atoms with E-state index in [-0.39, 0.29) is 11.7 Å². The smallest absolute Gasteiger partial charge is 0.0815 e. The van der Waals surface area contributed by atoms with E-state index in [2.05, 4.69) is 38.1 Å². The van der Waals surface area contributed by atoms with Gasteiger partial charge in [-0.25, -0.2) is 0 Å². The monoisotopic (exact) mass is 233 g/mol. The van der Waals surface area contributed by atoms with Crippen LogP contribution < -0.4 is 5.73 Å². The summed E-state index contributed by atoms with van der Waals surface area (Å²) in [7, 11) is 0. The summed E-state index contributed by atoms with van der Waals surface area (Å²) in [5, 5.41) is 0. The Kier molecular flexibility index (Phi) is 3.85. The van der Waals surface area contributed by atoms with E-state index >= 15 is 0 Å². The van der Waals surface area contributed by atoms with Crippen LogP contribution >= 0.6 is 0 Å². The highest BCUT2D eigenvalue weighted by Gasteiger charge is 2.38. The predicted molar refractivity (Wildman–Crippen MR) is 70.7 cm³/mol. The van der Waals surface area contributed by atoms with Crippen molar-refractivity contribution in [3.8, 4) is 0 Å². The fourth-order valence-corrected chi connectivity index (χ4v) is 2.86. The van der Waals surface area contributed by atoms with Crippen molar-refractivity contribution in [3.63, 3.8) is 0 Å². The molecule has 0 amide bonds. The molecule has 1 fully saturated rings. The van der Waals surface area contributed by atoms with Crippen molar-refractivity contribution < 1.29 is 4.74 Å². The molecular weight excluding hydrogens is 210 g/mol. The van der Waals surface area contributed by atoms with E-state index in [0.717, 1.165) is 18.8 Å². The first kappa shape index (κ1) is 12.6. The van der Waals surface area contributed by atoms with Gasteiger partial charge in [0.2, 0.25) is 0 Å². The Morgan fingerprint density at radius 3 is 2.65 bits per heavy atom. The van der Waals surface area contributed by atoms with Crippen LogP contribution in [0.4, 0.5) is 0 Å². The second kappa shape index (κ2) is 5.19. The minimum Gasteiger partial charge on any atom is -0.366 e. The van der Waals surface area contributed by atoms with Gasteiger partial charge in [-0.3, -0.25) is 0 Å². The van der Waals surface area contributed by atoms with Crippen molar-refractivity contribution in [2.24, 2.45) is 11.7 Å². The van der Waals surface area contributed by atoms with E-state index in [1.54, 1.807) is 0 Å². The first-order chi connectivity index (χ1) is 8.15. The average molecular weight is 233 g/mol. The Bertz CT molecular complexity index is 351. The zero-order valence-electron chi connectivity index (χ0n) is 10.9. The van der Waals surface area contributed by atoms with Crippen molar-refractivity contribution in [1.29, 1.82) is 0 Å². The predicted octanol–water partition coefficient (Wildman–Crippen LogP) is 3.28. The van der Waals surface area contributed by atoms with Crippen LogP contribution in [-0.4, -0.2) is 12.1 Å². The van der Waals surface area contributed by atoms with Gasteiger partial charge in [-0.15, -0.1) is 0 Å². The molecule has 3 unspecified atom stereocenters. The zero-order chi connectivity index (χ0) is 12.3. The van der Waals surface area contributed by atoms with Crippen LogP contribution in [0, 0.1) is 5.92 Å². The topological polar surface area (TPSA) is 35.2 Å². The third-order valence-electron chi connectivity index (χ3n) is 3.88. The normalized spacial score (nSPS) is 30.4. The summed E-state index contributed by atoms with van der Waals surface area (Å²) in [6, 6.07) is 10.4. The Hall–Kier alpha value is -0.860. The molecule has 0 aromatic heterocycles. The van der Waals surface area contributed by atoms with Crippen LogP contribution in [0.1, 0.15) is 44.8 Å². The Balaban J connectivity index is 2.05. The molecule has 2 N–H and O–H groups in total. The highest BCUT2D eigenvalue weighted by Crippen LogP contribution is 2.39. The maximum Gasteiger partial charge on any atom is 0.0815 e. The Labute approximate surface area is 104 Å². The van der Waals surface area contributed by atoms with Crippen LogP contribution in [0.3, 0.4) is 0 Å². The lowest BCUT2D eigenvalue weighted by molar-refractivity contribution is -0.0807. The van der Waals surface area contributed by atoms with Crippen molar-refractivity contribution in [2.45, 2.75) is 44.8 Å². The third kappa shape index (κ3) is 2.88. The molecule has 0 spiro atoms. The van der Waals surface area contributed by atoms with Gasteiger partial charge in [0, 0.05) is 6.54 Å². The number of benzene rings is 1. The number of nitrogens with two attached hydrogens (primary N) is 1. The Morgan fingerprint density at radius 2 is 2.12 bits per heavy atom.